The minimum Gasteiger partial charge on any atom is -0.466 e. The van der Waals surface area contributed by atoms with Gasteiger partial charge in [0.2, 0.25) is 0 Å². The summed E-state index contributed by atoms with van der Waals surface area (Å²) in [6.07, 6.45) is 20.8. The van der Waals surface area contributed by atoms with Gasteiger partial charge in [-0.15, -0.1) is 0 Å². The first kappa shape index (κ1) is 29.9. The topological polar surface area (TPSA) is 52.6 Å². The van der Waals surface area contributed by atoms with Crippen LogP contribution < -0.4 is 0 Å². The van der Waals surface area contributed by atoms with Crippen LogP contribution in [0.1, 0.15) is 143 Å². The number of carbonyl (C=O) groups is 2. The smallest absolute Gasteiger partial charge is 0.306 e. The van der Waals surface area contributed by atoms with Gasteiger partial charge in [-0.1, -0.05) is 111 Å². The Morgan fingerprint density at radius 3 is 1.48 bits per heavy atom. The van der Waals surface area contributed by atoms with E-state index in [9.17, 15) is 9.59 Å². The molecule has 0 radical (unpaired) electrons. The minimum atomic E-state index is -0.308. The van der Waals surface area contributed by atoms with Crippen molar-refractivity contribution in [3.8, 4) is 0 Å². The number of unbranched alkanes of at least 4 members (excludes halogenated alkanes) is 14. The zero-order chi connectivity index (χ0) is 23.2. The van der Waals surface area contributed by atoms with Crippen LogP contribution in [-0.4, -0.2) is 24.6 Å². The molecule has 184 valence electrons. The molecule has 0 amide bonds. The van der Waals surface area contributed by atoms with Crippen molar-refractivity contribution in [2.75, 3.05) is 6.61 Å². The fourth-order valence-corrected chi connectivity index (χ4v) is 3.93. The maximum Gasteiger partial charge on any atom is 0.306 e. The molecule has 0 aliphatic carbocycles. The molecular weight excluding hydrogens is 388 g/mol. The Balaban J connectivity index is 3.32. The van der Waals surface area contributed by atoms with Crippen molar-refractivity contribution >= 4 is 11.9 Å². The van der Waals surface area contributed by atoms with E-state index < -0.39 is 0 Å². The van der Waals surface area contributed by atoms with Crippen LogP contribution in [0.25, 0.3) is 0 Å². The van der Waals surface area contributed by atoms with Gasteiger partial charge in [-0.3, -0.25) is 9.59 Å². The van der Waals surface area contributed by atoms with Crippen LogP contribution in [0.5, 0.6) is 0 Å². The van der Waals surface area contributed by atoms with Crippen LogP contribution in [0.15, 0.2) is 0 Å². The normalized spacial score (nSPS) is 12.2. The maximum atomic E-state index is 11.7. The van der Waals surface area contributed by atoms with E-state index in [4.69, 9.17) is 9.47 Å². The number of hydrogen-bond donors (Lipinski definition) is 0. The molecule has 31 heavy (non-hydrogen) atoms. The fraction of sp³-hybridized carbons (Fsp3) is 0.926. The highest BCUT2D eigenvalue weighted by atomic mass is 16.5. The van der Waals surface area contributed by atoms with Crippen molar-refractivity contribution in [3.05, 3.63) is 0 Å². The lowest BCUT2D eigenvalue weighted by atomic mass is 10.0. The standard InChI is InChI=1S/C27H52O4/c1-5-6-7-8-9-10-11-12-13-14-15-16-17-18-19-22-30-26(28)20-21-27(29)31-25(4)23-24(2)3/h24-25H,5-23H2,1-4H3. The molecule has 0 saturated carbocycles. The van der Waals surface area contributed by atoms with E-state index in [1.54, 1.807) is 0 Å². The Kier molecular flexibility index (Phi) is 21.4. The first-order valence-electron chi connectivity index (χ1n) is 13.3. The van der Waals surface area contributed by atoms with E-state index in [1.165, 1.54) is 83.5 Å². The molecule has 0 aromatic rings. The molecule has 0 saturated heterocycles. The van der Waals surface area contributed by atoms with Crippen LogP contribution in [0, 0.1) is 5.92 Å². The largest absolute Gasteiger partial charge is 0.466 e. The average Bonchev–Trinajstić information content (AvgIpc) is 2.71. The van der Waals surface area contributed by atoms with Crippen molar-refractivity contribution in [3.63, 3.8) is 0 Å². The lowest BCUT2D eigenvalue weighted by Gasteiger charge is -2.15. The van der Waals surface area contributed by atoms with Gasteiger partial charge in [-0.05, 0) is 25.7 Å². The molecule has 0 bridgehead atoms. The summed E-state index contributed by atoms with van der Waals surface area (Å²) >= 11 is 0. The molecule has 0 spiro atoms. The fourth-order valence-electron chi connectivity index (χ4n) is 3.93. The molecule has 0 aromatic heterocycles. The van der Waals surface area contributed by atoms with Gasteiger partial charge in [0.05, 0.1) is 25.6 Å². The Morgan fingerprint density at radius 1 is 0.613 bits per heavy atom. The zero-order valence-electron chi connectivity index (χ0n) is 21.2. The molecule has 4 nitrogen and oxygen atoms in total. The Labute approximate surface area is 193 Å². The Morgan fingerprint density at radius 2 is 1.03 bits per heavy atom. The zero-order valence-corrected chi connectivity index (χ0v) is 21.2. The molecule has 1 unspecified atom stereocenters. The summed E-state index contributed by atoms with van der Waals surface area (Å²) in [5, 5.41) is 0. The number of esters is 2. The van der Waals surface area contributed by atoms with E-state index in [2.05, 4.69) is 20.8 Å². The lowest BCUT2D eigenvalue weighted by molar-refractivity contribution is -0.153. The summed E-state index contributed by atoms with van der Waals surface area (Å²) in [5.74, 6) is -0.112. The van der Waals surface area contributed by atoms with Crippen molar-refractivity contribution in [2.45, 2.75) is 149 Å². The number of carbonyl (C=O) groups excluding carboxylic acids is 2. The first-order chi connectivity index (χ1) is 15.0. The second-order valence-electron chi connectivity index (χ2n) is 9.60. The molecule has 4 heteroatoms. The van der Waals surface area contributed by atoms with Crippen LogP contribution in [-0.2, 0) is 19.1 Å². The van der Waals surface area contributed by atoms with Crippen LogP contribution in [0.4, 0.5) is 0 Å². The van der Waals surface area contributed by atoms with Gasteiger partial charge < -0.3 is 9.47 Å². The SMILES string of the molecule is CCCCCCCCCCCCCCCCCOC(=O)CCC(=O)OC(C)CC(C)C. The second kappa shape index (κ2) is 22.1. The highest BCUT2D eigenvalue weighted by molar-refractivity contribution is 5.77. The molecule has 0 N–H and O–H groups in total. The number of hydrogen-bond acceptors (Lipinski definition) is 4. The van der Waals surface area contributed by atoms with E-state index in [0.717, 1.165) is 19.3 Å². The van der Waals surface area contributed by atoms with E-state index in [-0.39, 0.29) is 30.9 Å². The van der Waals surface area contributed by atoms with Crippen LogP contribution in [0.3, 0.4) is 0 Å². The third-order valence-electron chi connectivity index (χ3n) is 5.68. The summed E-state index contributed by atoms with van der Waals surface area (Å²) in [6.45, 7) is 8.83. The molecule has 0 aliphatic heterocycles. The molecule has 0 rings (SSSR count). The average molecular weight is 441 g/mol. The predicted octanol–water partition coefficient (Wildman–Crippen LogP) is 8.16. The Hall–Kier alpha value is -1.06. The van der Waals surface area contributed by atoms with Gasteiger partial charge in [0.15, 0.2) is 0 Å². The van der Waals surface area contributed by atoms with Crippen molar-refractivity contribution in [1.82, 2.24) is 0 Å². The van der Waals surface area contributed by atoms with Crippen molar-refractivity contribution in [1.29, 1.82) is 0 Å². The maximum absolute atomic E-state index is 11.7. The lowest BCUT2D eigenvalue weighted by Crippen LogP contribution is -2.18. The molecule has 0 fully saturated rings. The highest BCUT2D eigenvalue weighted by Gasteiger charge is 2.13. The Bertz CT molecular complexity index is 419. The number of rotatable bonds is 22. The summed E-state index contributed by atoms with van der Waals surface area (Å²) in [5.41, 5.74) is 0. The molecule has 0 heterocycles. The second-order valence-corrected chi connectivity index (χ2v) is 9.60. The monoisotopic (exact) mass is 440 g/mol. The molecule has 1 atom stereocenters. The van der Waals surface area contributed by atoms with Gasteiger partial charge in [-0.25, -0.2) is 0 Å². The van der Waals surface area contributed by atoms with Crippen molar-refractivity contribution in [2.24, 2.45) is 5.92 Å². The summed E-state index contributed by atoms with van der Waals surface area (Å²) in [7, 11) is 0. The van der Waals surface area contributed by atoms with Gasteiger partial charge in [0.1, 0.15) is 0 Å². The quantitative estimate of drug-likeness (QED) is 0.126. The molecular formula is C27H52O4. The van der Waals surface area contributed by atoms with Crippen molar-refractivity contribution < 1.29 is 19.1 Å². The third-order valence-corrected chi connectivity index (χ3v) is 5.68. The van der Waals surface area contributed by atoms with Gasteiger partial charge >= 0.3 is 11.9 Å². The molecule has 0 aromatic carbocycles. The van der Waals surface area contributed by atoms with E-state index >= 15 is 0 Å². The predicted molar refractivity (Wildman–Crippen MR) is 130 cm³/mol. The van der Waals surface area contributed by atoms with Gasteiger partial charge in [0, 0.05) is 0 Å². The van der Waals surface area contributed by atoms with Crippen LogP contribution >= 0.6 is 0 Å². The first-order valence-corrected chi connectivity index (χ1v) is 13.3. The van der Waals surface area contributed by atoms with E-state index in [1.807, 2.05) is 6.92 Å². The van der Waals surface area contributed by atoms with Crippen LogP contribution in [0.2, 0.25) is 0 Å². The summed E-state index contributed by atoms with van der Waals surface area (Å²) in [4.78, 5) is 23.5. The minimum absolute atomic E-state index is 0.0937. The summed E-state index contributed by atoms with van der Waals surface area (Å²) in [6, 6.07) is 0. The number of ether oxygens (including phenoxy) is 2. The van der Waals surface area contributed by atoms with Gasteiger partial charge in [0.25, 0.3) is 0 Å². The van der Waals surface area contributed by atoms with E-state index in [0.29, 0.717) is 12.5 Å². The highest BCUT2D eigenvalue weighted by Crippen LogP contribution is 2.13. The van der Waals surface area contributed by atoms with Gasteiger partial charge in [-0.2, -0.15) is 0 Å². The molecule has 0 aliphatic rings. The summed E-state index contributed by atoms with van der Waals surface area (Å²) < 4.78 is 10.5. The third kappa shape index (κ3) is 23.4.